The summed E-state index contributed by atoms with van der Waals surface area (Å²) in [5.41, 5.74) is 5.72. The molecule has 0 amide bonds. The van der Waals surface area contributed by atoms with Crippen molar-refractivity contribution in [2.45, 2.75) is 48.7 Å². The van der Waals surface area contributed by atoms with Crippen LogP contribution in [-0.4, -0.2) is 57.4 Å². The van der Waals surface area contributed by atoms with Gasteiger partial charge in [0.25, 0.3) is 0 Å². The van der Waals surface area contributed by atoms with E-state index < -0.39 is 55.0 Å². The topological polar surface area (TPSA) is 155 Å². The number of aryl methyl sites for hydroxylation is 1. The van der Waals surface area contributed by atoms with E-state index in [0.29, 0.717) is 6.42 Å². The molecule has 1 aliphatic rings. The lowest BCUT2D eigenvalue weighted by Crippen LogP contribution is -2.39. The lowest BCUT2D eigenvalue weighted by Gasteiger charge is -2.26. The van der Waals surface area contributed by atoms with E-state index in [9.17, 15) is 19.3 Å². The Morgan fingerprint density at radius 3 is 2.54 bits per heavy atom. The predicted octanol–water partition coefficient (Wildman–Crippen LogP) is 3.50. The number of carbonyl (C=O) groups excluding carboxylic acids is 1. The molecular weight excluding hydrogens is 574 g/mol. The molecule has 3 aromatic rings. The van der Waals surface area contributed by atoms with Crippen LogP contribution in [-0.2, 0) is 25.0 Å². The summed E-state index contributed by atoms with van der Waals surface area (Å²) in [6.07, 6.45) is -1.42. The fraction of sp³-hybridized carbons (Fsp3) is 0.370. The maximum Gasteiger partial charge on any atom is 0.459 e. The Morgan fingerprint density at radius 2 is 1.88 bits per heavy atom. The van der Waals surface area contributed by atoms with Gasteiger partial charge in [0.15, 0.2) is 6.17 Å². The molecule has 6 atom stereocenters. The molecule has 2 heterocycles. The number of para-hydroxylation sites is 1. The number of carbonyl (C=O) groups is 1. The molecule has 1 fully saturated rings. The highest BCUT2D eigenvalue weighted by atomic mass is 32.2. The Kier molecular flexibility index (Phi) is 10.6. The van der Waals surface area contributed by atoms with E-state index in [0.717, 1.165) is 21.9 Å². The summed E-state index contributed by atoms with van der Waals surface area (Å²) in [7, 11) is -4.30. The third kappa shape index (κ3) is 8.17. The average molecular weight is 607 g/mol. The number of nitrogen functional groups attached to an aromatic ring is 1. The average Bonchev–Trinajstić information content (AvgIpc) is 3.24. The number of esters is 1. The number of hydrogen-bond donors (Lipinski definition) is 3. The minimum atomic E-state index is -4.30. The van der Waals surface area contributed by atoms with E-state index >= 15 is 4.39 Å². The number of nitrogens with one attached hydrogen (secondary N) is 1. The number of ether oxygens (including phenoxy) is 1. The van der Waals surface area contributed by atoms with Crippen LogP contribution >= 0.6 is 19.5 Å². The fourth-order valence-electron chi connectivity index (χ4n) is 4.19. The van der Waals surface area contributed by atoms with E-state index in [1.807, 2.05) is 30.3 Å². The third-order valence-corrected chi connectivity index (χ3v) is 9.35. The van der Waals surface area contributed by atoms with Crippen LogP contribution in [0.4, 0.5) is 10.2 Å². The van der Waals surface area contributed by atoms with Gasteiger partial charge < -0.3 is 20.1 Å². The number of aliphatic hydroxyl groups is 1. The number of alkyl halides is 1. The van der Waals surface area contributed by atoms with Gasteiger partial charge in [0.2, 0.25) is 0 Å². The van der Waals surface area contributed by atoms with E-state index in [4.69, 9.17) is 19.5 Å². The number of anilines is 1. The monoisotopic (exact) mass is 606 g/mol. The Balaban J connectivity index is 1.53. The first-order valence-corrected chi connectivity index (χ1v) is 15.5. The van der Waals surface area contributed by atoms with Gasteiger partial charge in [-0.05, 0) is 43.5 Å². The summed E-state index contributed by atoms with van der Waals surface area (Å²) in [4.78, 5) is 28.7. The minimum Gasteiger partial charge on any atom is -0.465 e. The number of thioether (sulfide) groups is 1. The first-order chi connectivity index (χ1) is 19.7. The normalized spacial score (nSPS) is 22.5. The van der Waals surface area contributed by atoms with Crippen LogP contribution < -0.4 is 21.0 Å². The third-order valence-electron chi connectivity index (χ3n) is 6.25. The van der Waals surface area contributed by atoms with Gasteiger partial charge in [-0.3, -0.25) is 13.9 Å². The quantitative estimate of drug-likeness (QED) is 0.193. The highest BCUT2D eigenvalue weighted by Gasteiger charge is 2.46. The summed E-state index contributed by atoms with van der Waals surface area (Å²) < 4.78 is 46.9. The van der Waals surface area contributed by atoms with Crippen molar-refractivity contribution >= 4 is 31.3 Å². The van der Waals surface area contributed by atoms with Gasteiger partial charge in [-0.1, -0.05) is 48.5 Å². The molecule has 0 bridgehead atoms. The number of benzene rings is 2. The molecule has 0 radical (unpaired) electrons. The fourth-order valence-corrected chi connectivity index (χ4v) is 7.26. The van der Waals surface area contributed by atoms with E-state index in [1.54, 1.807) is 37.3 Å². The van der Waals surface area contributed by atoms with Crippen molar-refractivity contribution in [3.63, 3.8) is 0 Å². The molecule has 4 rings (SSSR count). The van der Waals surface area contributed by atoms with Gasteiger partial charge in [0.1, 0.15) is 29.1 Å². The highest BCUT2D eigenvalue weighted by Crippen LogP contribution is 2.49. The summed E-state index contributed by atoms with van der Waals surface area (Å²) in [5.74, 6) is -0.453. The van der Waals surface area contributed by atoms with Crippen LogP contribution in [0.25, 0.3) is 0 Å². The predicted molar refractivity (Wildman–Crippen MR) is 153 cm³/mol. The molecule has 220 valence electrons. The molecule has 0 spiro atoms. The molecular formula is C27H32FN4O7PS. The van der Waals surface area contributed by atoms with Gasteiger partial charge in [-0.15, -0.1) is 11.8 Å². The summed E-state index contributed by atoms with van der Waals surface area (Å²) >= 11 is 0.924. The van der Waals surface area contributed by atoms with Gasteiger partial charge in [-0.25, -0.2) is 13.8 Å². The maximum atomic E-state index is 15.1. The minimum absolute atomic E-state index is 0.0152. The lowest BCUT2D eigenvalue weighted by atomic mass is 10.1. The van der Waals surface area contributed by atoms with Gasteiger partial charge in [-0.2, -0.15) is 10.1 Å². The van der Waals surface area contributed by atoms with Crippen LogP contribution in [0.15, 0.2) is 77.7 Å². The van der Waals surface area contributed by atoms with Crippen molar-refractivity contribution in [1.82, 2.24) is 14.6 Å². The molecule has 1 saturated heterocycles. The zero-order valence-electron chi connectivity index (χ0n) is 22.2. The van der Waals surface area contributed by atoms with E-state index in [1.165, 1.54) is 12.3 Å². The molecule has 11 nitrogen and oxygen atoms in total. The molecule has 1 aromatic heterocycles. The van der Waals surface area contributed by atoms with Crippen molar-refractivity contribution in [2.24, 2.45) is 0 Å². The van der Waals surface area contributed by atoms with Crippen LogP contribution in [0.2, 0.25) is 0 Å². The van der Waals surface area contributed by atoms with Crippen molar-refractivity contribution in [1.29, 1.82) is 0 Å². The Labute approximate surface area is 240 Å². The first-order valence-electron chi connectivity index (χ1n) is 13.0. The number of nitrogens with zero attached hydrogens (tertiary/aromatic N) is 2. The number of nitrogens with two attached hydrogens (primary N) is 1. The second kappa shape index (κ2) is 14.1. The zero-order chi connectivity index (χ0) is 29.4. The van der Waals surface area contributed by atoms with Crippen molar-refractivity contribution in [3.05, 3.63) is 89.0 Å². The summed E-state index contributed by atoms with van der Waals surface area (Å²) in [6.45, 7) is 1.34. The number of halogens is 1. The molecule has 2 aromatic carbocycles. The lowest BCUT2D eigenvalue weighted by molar-refractivity contribution is -0.145. The standard InChI is InChI=1S/C27H32FN4O7PS/c1-2-37-26(34)20(14-13-18-9-5-3-6-10-18)31-40(36,39-19-11-7-4-8-12-19)38-17-21-24(33)23(28)25(41-21)32-16-15-22(29)30-27(32)35/h3-12,15-16,20-21,23-25,33H,2,13-14,17H2,1H3,(H,31,36)(H2,29,30,35)/t20-,21?,23-,24+,25+,40?/m0/s1. The maximum absolute atomic E-state index is 15.1. The second-order valence-electron chi connectivity index (χ2n) is 9.20. The van der Waals surface area contributed by atoms with E-state index in [-0.39, 0.29) is 24.6 Å². The molecule has 41 heavy (non-hydrogen) atoms. The smallest absolute Gasteiger partial charge is 0.459 e. The molecule has 0 saturated carbocycles. The van der Waals surface area contributed by atoms with Crippen molar-refractivity contribution in [3.8, 4) is 5.75 Å². The second-order valence-corrected chi connectivity index (χ2v) is 12.3. The largest absolute Gasteiger partial charge is 0.465 e. The van der Waals surface area contributed by atoms with Gasteiger partial charge in [0.05, 0.1) is 18.5 Å². The SMILES string of the molecule is CCOC(=O)[C@H](CCc1ccccc1)NP(=O)(OCC1S[C@@H](n2ccc(N)nc2=O)[C@@H](F)[C@@H]1O)Oc1ccccc1. The van der Waals surface area contributed by atoms with Gasteiger partial charge in [0, 0.05) is 6.20 Å². The molecule has 2 unspecified atom stereocenters. The molecule has 14 heteroatoms. The van der Waals surface area contributed by atoms with E-state index in [2.05, 4.69) is 10.1 Å². The zero-order valence-corrected chi connectivity index (χ0v) is 24.0. The first kappa shape index (κ1) is 30.7. The Bertz CT molecular complexity index is 1400. The number of aromatic nitrogens is 2. The van der Waals surface area contributed by atoms with Crippen LogP contribution in [0.1, 0.15) is 24.3 Å². The van der Waals surface area contributed by atoms with Crippen molar-refractivity contribution in [2.75, 3.05) is 18.9 Å². The molecule has 0 aliphatic carbocycles. The highest BCUT2D eigenvalue weighted by molar-refractivity contribution is 8.00. The number of aliphatic hydroxyl groups excluding tert-OH is 1. The van der Waals surface area contributed by atoms with Crippen molar-refractivity contribution < 1.29 is 32.6 Å². The summed E-state index contributed by atoms with van der Waals surface area (Å²) in [5, 5.41) is 11.3. The molecule has 1 aliphatic heterocycles. The Morgan fingerprint density at radius 1 is 1.20 bits per heavy atom. The summed E-state index contributed by atoms with van der Waals surface area (Å²) in [6, 6.07) is 17.9. The number of rotatable bonds is 13. The van der Waals surface area contributed by atoms with Crippen LogP contribution in [0, 0.1) is 0 Å². The van der Waals surface area contributed by atoms with Gasteiger partial charge >= 0.3 is 19.4 Å². The van der Waals surface area contributed by atoms with Crippen LogP contribution in [0.5, 0.6) is 5.75 Å². The molecule has 4 N–H and O–H groups in total. The van der Waals surface area contributed by atoms with Crippen LogP contribution in [0.3, 0.4) is 0 Å². The number of hydrogen-bond acceptors (Lipinski definition) is 10. The Hall–Kier alpha value is -3.22.